The SMILES string of the molecule is Nc1ncc(Br)cc1C(=O)c1cccc(NCCCc2ccccc2)n1.[HH].[HH]. The molecule has 0 aliphatic carbocycles. The molecule has 0 unspecified atom stereocenters. The van der Waals surface area contributed by atoms with Gasteiger partial charge in [-0.15, -0.1) is 0 Å². The van der Waals surface area contributed by atoms with Crippen molar-refractivity contribution < 1.29 is 7.65 Å². The van der Waals surface area contributed by atoms with Crippen LogP contribution in [0.4, 0.5) is 11.6 Å². The van der Waals surface area contributed by atoms with E-state index in [1.807, 2.05) is 24.3 Å². The van der Waals surface area contributed by atoms with E-state index < -0.39 is 0 Å². The average Bonchev–Trinajstić information content (AvgIpc) is 2.68. The molecule has 0 radical (unpaired) electrons. The predicted octanol–water partition coefficient (Wildman–Crippen LogP) is 4.59. The summed E-state index contributed by atoms with van der Waals surface area (Å²) in [6.07, 6.45) is 3.53. The molecule has 3 rings (SSSR count). The fourth-order valence-electron chi connectivity index (χ4n) is 2.58. The minimum atomic E-state index is -0.246. The minimum absolute atomic E-state index is 0. The van der Waals surface area contributed by atoms with Crippen LogP contribution in [0.1, 0.15) is 30.9 Å². The summed E-state index contributed by atoms with van der Waals surface area (Å²) in [4.78, 5) is 21.1. The van der Waals surface area contributed by atoms with Gasteiger partial charge < -0.3 is 11.1 Å². The van der Waals surface area contributed by atoms with E-state index in [1.165, 1.54) is 5.56 Å². The molecule has 1 aromatic carbocycles. The van der Waals surface area contributed by atoms with Crippen LogP contribution >= 0.6 is 15.9 Å². The van der Waals surface area contributed by atoms with E-state index >= 15 is 0 Å². The Morgan fingerprint density at radius 3 is 2.77 bits per heavy atom. The van der Waals surface area contributed by atoms with Gasteiger partial charge in [-0.25, -0.2) is 9.97 Å². The molecule has 0 spiro atoms. The number of aryl methyl sites for hydroxylation is 1. The normalized spacial score (nSPS) is 10.5. The Labute approximate surface area is 163 Å². The molecular weight excluding hydrogens is 392 g/mol. The molecule has 0 saturated carbocycles. The Balaban J connectivity index is 0.00000196. The maximum absolute atomic E-state index is 12.7. The van der Waals surface area contributed by atoms with Crippen LogP contribution in [0, 0.1) is 0 Å². The van der Waals surface area contributed by atoms with Crippen molar-refractivity contribution in [1.29, 1.82) is 0 Å². The number of carbonyl (C=O) groups excluding carboxylic acids is 1. The third-order valence-corrected chi connectivity index (χ3v) is 4.34. The summed E-state index contributed by atoms with van der Waals surface area (Å²) in [5.74, 6) is 0.621. The lowest BCUT2D eigenvalue weighted by molar-refractivity contribution is 0.103. The van der Waals surface area contributed by atoms with Gasteiger partial charge in [0, 0.05) is 20.1 Å². The fraction of sp³-hybridized carbons (Fsp3) is 0.150. The largest absolute Gasteiger partial charge is 0.383 e. The standard InChI is InChI=1S/C20H19BrN4O.2H2/c21-15-12-16(20(22)24-13-15)19(26)17-9-4-10-18(25-17)23-11-5-8-14-6-2-1-3-7-14;;/h1-4,6-7,9-10,12-13H,5,8,11H2,(H2,22,24)(H,23,25);2*1H. The van der Waals surface area contributed by atoms with E-state index in [0.717, 1.165) is 19.4 Å². The molecule has 0 bridgehead atoms. The van der Waals surface area contributed by atoms with E-state index in [0.29, 0.717) is 21.5 Å². The lowest BCUT2D eigenvalue weighted by Gasteiger charge is -2.08. The molecule has 3 aromatic rings. The second kappa shape index (κ2) is 8.58. The van der Waals surface area contributed by atoms with Crippen molar-refractivity contribution in [1.82, 2.24) is 9.97 Å². The number of aromatic nitrogens is 2. The highest BCUT2D eigenvalue weighted by atomic mass is 79.9. The number of pyridine rings is 2. The zero-order valence-corrected chi connectivity index (χ0v) is 15.7. The maximum atomic E-state index is 12.7. The van der Waals surface area contributed by atoms with Gasteiger partial charge in [-0.3, -0.25) is 4.79 Å². The molecule has 0 aliphatic heterocycles. The molecule has 0 saturated heterocycles. The number of nitrogen functional groups attached to an aromatic ring is 1. The van der Waals surface area contributed by atoms with Crippen LogP contribution in [0.3, 0.4) is 0 Å². The molecule has 2 aromatic heterocycles. The first-order chi connectivity index (χ1) is 12.6. The first-order valence-electron chi connectivity index (χ1n) is 8.34. The number of rotatable bonds is 7. The summed E-state index contributed by atoms with van der Waals surface area (Å²) in [6.45, 7) is 0.778. The highest BCUT2D eigenvalue weighted by Gasteiger charge is 2.15. The Hall–Kier alpha value is -2.73. The molecular formula is C20H23BrN4O. The minimum Gasteiger partial charge on any atom is -0.383 e. The zero-order valence-electron chi connectivity index (χ0n) is 14.2. The fourth-order valence-corrected chi connectivity index (χ4v) is 2.91. The Morgan fingerprint density at radius 1 is 1.15 bits per heavy atom. The zero-order chi connectivity index (χ0) is 18.4. The van der Waals surface area contributed by atoms with Gasteiger partial charge in [-0.1, -0.05) is 36.4 Å². The molecule has 6 heteroatoms. The summed E-state index contributed by atoms with van der Waals surface area (Å²) in [5, 5.41) is 3.27. The van der Waals surface area contributed by atoms with Crippen LogP contribution in [0.25, 0.3) is 0 Å². The summed E-state index contributed by atoms with van der Waals surface area (Å²) >= 11 is 3.31. The van der Waals surface area contributed by atoms with Crippen molar-refractivity contribution >= 4 is 33.3 Å². The summed E-state index contributed by atoms with van der Waals surface area (Å²) in [7, 11) is 0. The van der Waals surface area contributed by atoms with Crippen molar-refractivity contribution in [3.63, 3.8) is 0 Å². The number of nitrogens with two attached hydrogens (primary N) is 1. The molecule has 0 fully saturated rings. The molecule has 5 nitrogen and oxygen atoms in total. The maximum Gasteiger partial charge on any atom is 0.215 e. The van der Waals surface area contributed by atoms with Crippen molar-refractivity contribution in [2.24, 2.45) is 0 Å². The summed E-state index contributed by atoms with van der Waals surface area (Å²) in [6, 6.07) is 17.3. The van der Waals surface area contributed by atoms with Gasteiger partial charge in [-0.05, 0) is 52.5 Å². The van der Waals surface area contributed by atoms with Crippen molar-refractivity contribution in [2.45, 2.75) is 12.8 Å². The van der Waals surface area contributed by atoms with Gasteiger partial charge in [0.05, 0.1) is 5.56 Å². The van der Waals surface area contributed by atoms with E-state index in [-0.39, 0.29) is 14.5 Å². The molecule has 2 heterocycles. The first-order valence-corrected chi connectivity index (χ1v) is 9.13. The predicted molar refractivity (Wildman–Crippen MR) is 111 cm³/mol. The average molecular weight is 415 g/mol. The van der Waals surface area contributed by atoms with Crippen LogP contribution in [-0.4, -0.2) is 22.3 Å². The summed E-state index contributed by atoms with van der Waals surface area (Å²) < 4.78 is 0.699. The quantitative estimate of drug-likeness (QED) is 0.436. The van der Waals surface area contributed by atoms with Crippen LogP contribution in [-0.2, 0) is 6.42 Å². The number of anilines is 2. The number of nitrogens with zero attached hydrogens (tertiary/aromatic N) is 2. The smallest absolute Gasteiger partial charge is 0.215 e. The number of hydrogen-bond donors (Lipinski definition) is 2. The Kier molecular flexibility index (Phi) is 5.96. The molecule has 26 heavy (non-hydrogen) atoms. The van der Waals surface area contributed by atoms with Gasteiger partial charge in [0.25, 0.3) is 0 Å². The van der Waals surface area contributed by atoms with Crippen LogP contribution in [0.5, 0.6) is 0 Å². The topological polar surface area (TPSA) is 80.9 Å². The van der Waals surface area contributed by atoms with E-state index in [1.54, 1.807) is 24.4 Å². The van der Waals surface area contributed by atoms with Crippen molar-refractivity contribution in [3.8, 4) is 0 Å². The van der Waals surface area contributed by atoms with Gasteiger partial charge >= 0.3 is 0 Å². The number of ketones is 1. The summed E-state index contributed by atoms with van der Waals surface area (Å²) in [5.41, 5.74) is 7.81. The van der Waals surface area contributed by atoms with Crippen LogP contribution in [0.15, 0.2) is 65.3 Å². The van der Waals surface area contributed by atoms with Crippen molar-refractivity contribution in [3.05, 3.63) is 82.1 Å². The highest BCUT2D eigenvalue weighted by Crippen LogP contribution is 2.19. The third-order valence-electron chi connectivity index (χ3n) is 3.90. The third kappa shape index (κ3) is 4.67. The molecule has 0 atom stereocenters. The molecule has 136 valence electrons. The number of hydrogen-bond acceptors (Lipinski definition) is 5. The Bertz CT molecular complexity index is 910. The van der Waals surface area contributed by atoms with Gasteiger partial charge in [0.15, 0.2) is 0 Å². The Morgan fingerprint density at radius 2 is 1.96 bits per heavy atom. The van der Waals surface area contributed by atoms with Gasteiger partial charge in [0.2, 0.25) is 5.78 Å². The van der Waals surface area contributed by atoms with Gasteiger partial charge in [-0.2, -0.15) is 0 Å². The molecule has 0 amide bonds. The number of carbonyl (C=O) groups is 1. The molecule has 3 N–H and O–H groups in total. The number of benzene rings is 1. The van der Waals surface area contributed by atoms with E-state index in [9.17, 15) is 4.79 Å². The first kappa shape index (κ1) is 18.1. The lowest BCUT2D eigenvalue weighted by atomic mass is 10.1. The number of nitrogens with one attached hydrogen (secondary N) is 1. The van der Waals surface area contributed by atoms with Gasteiger partial charge in [0.1, 0.15) is 17.3 Å². The lowest BCUT2D eigenvalue weighted by Crippen LogP contribution is -2.11. The van der Waals surface area contributed by atoms with Crippen LogP contribution < -0.4 is 11.1 Å². The molecule has 0 aliphatic rings. The van der Waals surface area contributed by atoms with Crippen molar-refractivity contribution in [2.75, 3.05) is 17.6 Å². The van der Waals surface area contributed by atoms with Crippen LogP contribution in [0.2, 0.25) is 0 Å². The highest BCUT2D eigenvalue weighted by molar-refractivity contribution is 9.10. The monoisotopic (exact) mass is 414 g/mol. The van der Waals surface area contributed by atoms with E-state index in [4.69, 9.17) is 5.73 Å². The second-order valence-corrected chi connectivity index (χ2v) is 6.76. The second-order valence-electron chi connectivity index (χ2n) is 5.84. The van der Waals surface area contributed by atoms with E-state index in [2.05, 4.69) is 43.3 Å². The number of halogens is 1.